The number of aryl methyl sites for hydroxylation is 1. The van der Waals surface area contributed by atoms with Crippen molar-refractivity contribution < 1.29 is 14.6 Å². The Hall–Kier alpha value is -2.00. The van der Waals surface area contributed by atoms with Crippen LogP contribution in [0.2, 0.25) is 0 Å². The molecule has 0 saturated heterocycles. The summed E-state index contributed by atoms with van der Waals surface area (Å²) in [6, 6.07) is 15.6. The van der Waals surface area contributed by atoms with Gasteiger partial charge in [-0.2, -0.15) is 0 Å². The van der Waals surface area contributed by atoms with E-state index in [4.69, 9.17) is 9.47 Å². The number of hydrogen-bond acceptors (Lipinski definition) is 3. The largest absolute Gasteiger partial charge is 0.493 e. The molecule has 0 heterocycles. The van der Waals surface area contributed by atoms with Crippen molar-refractivity contribution in [2.45, 2.75) is 26.4 Å². The third-order valence-corrected chi connectivity index (χ3v) is 3.17. The average molecular weight is 286 g/mol. The van der Waals surface area contributed by atoms with Gasteiger partial charge in [-0.25, -0.2) is 0 Å². The Morgan fingerprint density at radius 1 is 1.00 bits per heavy atom. The number of aliphatic hydroxyl groups excluding tert-OH is 1. The molecule has 2 aromatic carbocycles. The molecule has 3 nitrogen and oxygen atoms in total. The lowest BCUT2D eigenvalue weighted by Crippen LogP contribution is -2.07. The van der Waals surface area contributed by atoms with Crippen molar-refractivity contribution in [1.82, 2.24) is 0 Å². The summed E-state index contributed by atoms with van der Waals surface area (Å²) in [5.74, 6) is 1.62. The van der Waals surface area contributed by atoms with Gasteiger partial charge >= 0.3 is 0 Å². The number of hydrogen-bond donors (Lipinski definition) is 1. The molecule has 0 aliphatic rings. The molecule has 0 fully saturated rings. The van der Waals surface area contributed by atoms with Gasteiger partial charge < -0.3 is 14.6 Å². The van der Waals surface area contributed by atoms with Crippen molar-refractivity contribution in [2.75, 3.05) is 13.2 Å². The first-order valence-corrected chi connectivity index (χ1v) is 7.26. The van der Waals surface area contributed by atoms with Crippen LogP contribution < -0.4 is 9.47 Å². The van der Waals surface area contributed by atoms with Gasteiger partial charge in [0.25, 0.3) is 0 Å². The standard InChI is InChI=1S/C18H22O3/c1-14-9-10-18(17(13-14)15(2)19)21-12-6-11-20-16-7-4-3-5-8-16/h3-5,7-10,13,15,19H,6,11-12H2,1-2H3/t15-/m0/s1. The van der Waals surface area contributed by atoms with Crippen molar-refractivity contribution >= 4 is 0 Å². The normalized spacial score (nSPS) is 12.0. The zero-order valence-electron chi connectivity index (χ0n) is 12.6. The van der Waals surface area contributed by atoms with Crippen LogP contribution in [0.25, 0.3) is 0 Å². The number of aliphatic hydroxyl groups is 1. The number of para-hydroxylation sites is 1. The van der Waals surface area contributed by atoms with Crippen LogP contribution in [0.1, 0.15) is 30.6 Å². The first-order valence-electron chi connectivity index (χ1n) is 7.26. The molecule has 0 amide bonds. The maximum atomic E-state index is 9.78. The lowest BCUT2D eigenvalue weighted by Gasteiger charge is -2.14. The molecule has 0 unspecified atom stereocenters. The molecule has 2 aromatic rings. The highest BCUT2D eigenvalue weighted by atomic mass is 16.5. The zero-order chi connectivity index (χ0) is 15.1. The monoisotopic (exact) mass is 286 g/mol. The zero-order valence-corrected chi connectivity index (χ0v) is 12.6. The van der Waals surface area contributed by atoms with Crippen LogP contribution in [0.15, 0.2) is 48.5 Å². The van der Waals surface area contributed by atoms with Gasteiger partial charge in [-0.05, 0) is 38.1 Å². The van der Waals surface area contributed by atoms with Crippen molar-refractivity contribution in [2.24, 2.45) is 0 Å². The van der Waals surface area contributed by atoms with Gasteiger partial charge in [-0.15, -0.1) is 0 Å². The minimum absolute atomic E-state index is 0.527. The van der Waals surface area contributed by atoms with Crippen LogP contribution in [0.3, 0.4) is 0 Å². The van der Waals surface area contributed by atoms with E-state index in [0.29, 0.717) is 13.2 Å². The van der Waals surface area contributed by atoms with Crippen LogP contribution in [0, 0.1) is 6.92 Å². The van der Waals surface area contributed by atoms with Gasteiger partial charge in [-0.3, -0.25) is 0 Å². The quantitative estimate of drug-likeness (QED) is 0.785. The molecule has 0 saturated carbocycles. The molecule has 2 rings (SSSR count). The lowest BCUT2D eigenvalue weighted by molar-refractivity contribution is 0.188. The Balaban J connectivity index is 1.78. The molecule has 0 aliphatic heterocycles. The molecule has 0 aliphatic carbocycles. The lowest BCUT2D eigenvalue weighted by atomic mass is 10.1. The predicted molar refractivity (Wildman–Crippen MR) is 83.9 cm³/mol. The van der Waals surface area contributed by atoms with E-state index in [1.54, 1.807) is 6.92 Å². The van der Waals surface area contributed by atoms with Gasteiger partial charge in [0.05, 0.1) is 19.3 Å². The molecule has 3 heteroatoms. The minimum Gasteiger partial charge on any atom is -0.493 e. The van der Waals surface area contributed by atoms with Gasteiger partial charge in [-0.1, -0.05) is 29.8 Å². The maximum Gasteiger partial charge on any atom is 0.125 e. The Kier molecular flexibility index (Phi) is 5.64. The van der Waals surface area contributed by atoms with E-state index in [1.165, 1.54) is 0 Å². The fraction of sp³-hybridized carbons (Fsp3) is 0.333. The summed E-state index contributed by atoms with van der Waals surface area (Å²) in [5, 5.41) is 9.78. The van der Waals surface area contributed by atoms with E-state index in [1.807, 2.05) is 55.5 Å². The highest BCUT2D eigenvalue weighted by molar-refractivity contribution is 5.38. The Morgan fingerprint density at radius 2 is 1.71 bits per heavy atom. The van der Waals surface area contributed by atoms with Crippen LogP contribution in [0.5, 0.6) is 11.5 Å². The Morgan fingerprint density at radius 3 is 2.43 bits per heavy atom. The number of benzene rings is 2. The van der Waals surface area contributed by atoms with Crippen LogP contribution >= 0.6 is 0 Å². The summed E-state index contributed by atoms with van der Waals surface area (Å²) in [4.78, 5) is 0. The van der Waals surface area contributed by atoms with E-state index in [0.717, 1.165) is 29.0 Å². The molecule has 21 heavy (non-hydrogen) atoms. The second-order valence-electron chi connectivity index (χ2n) is 5.08. The molecule has 1 atom stereocenters. The molecule has 0 bridgehead atoms. The maximum absolute atomic E-state index is 9.78. The van der Waals surface area contributed by atoms with Gasteiger partial charge in [0.1, 0.15) is 11.5 Å². The first-order chi connectivity index (χ1) is 10.2. The molecular formula is C18H22O3. The molecule has 0 radical (unpaired) electrons. The third kappa shape index (κ3) is 4.80. The minimum atomic E-state index is -0.527. The number of ether oxygens (including phenoxy) is 2. The molecular weight excluding hydrogens is 264 g/mol. The van der Waals surface area contributed by atoms with Crippen LogP contribution in [-0.4, -0.2) is 18.3 Å². The fourth-order valence-electron chi connectivity index (χ4n) is 2.07. The van der Waals surface area contributed by atoms with Crippen molar-refractivity contribution in [3.63, 3.8) is 0 Å². The van der Waals surface area contributed by atoms with E-state index in [-0.39, 0.29) is 0 Å². The molecule has 1 N–H and O–H groups in total. The van der Waals surface area contributed by atoms with Crippen molar-refractivity contribution in [1.29, 1.82) is 0 Å². The van der Waals surface area contributed by atoms with E-state index in [9.17, 15) is 5.11 Å². The fourth-order valence-corrected chi connectivity index (χ4v) is 2.07. The second-order valence-corrected chi connectivity index (χ2v) is 5.08. The van der Waals surface area contributed by atoms with E-state index < -0.39 is 6.10 Å². The average Bonchev–Trinajstić information content (AvgIpc) is 2.49. The highest BCUT2D eigenvalue weighted by Crippen LogP contribution is 2.26. The summed E-state index contributed by atoms with van der Waals surface area (Å²) < 4.78 is 11.4. The van der Waals surface area contributed by atoms with Crippen LogP contribution in [-0.2, 0) is 0 Å². The Bertz CT molecular complexity index is 550. The van der Waals surface area contributed by atoms with Crippen LogP contribution in [0.4, 0.5) is 0 Å². The summed E-state index contributed by atoms with van der Waals surface area (Å²) in [7, 11) is 0. The van der Waals surface area contributed by atoms with Gasteiger partial charge in [0, 0.05) is 12.0 Å². The van der Waals surface area contributed by atoms with E-state index >= 15 is 0 Å². The Labute approximate surface area is 126 Å². The SMILES string of the molecule is Cc1ccc(OCCCOc2ccccc2)c([C@H](C)O)c1. The summed E-state index contributed by atoms with van der Waals surface area (Å²) in [6.07, 6.45) is 0.266. The summed E-state index contributed by atoms with van der Waals surface area (Å²) in [6.45, 7) is 4.93. The summed E-state index contributed by atoms with van der Waals surface area (Å²) in [5.41, 5.74) is 1.95. The van der Waals surface area contributed by atoms with Gasteiger partial charge in [0.15, 0.2) is 0 Å². The van der Waals surface area contributed by atoms with Crippen molar-refractivity contribution in [3.05, 3.63) is 59.7 Å². The predicted octanol–water partition coefficient (Wildman–Crippen LogP) is 3.90. The molecule has 112 valence electrons. The third-order valence-electron chi connectivity index (χ3n) is 3.17. The highest BCUT2D eigenvalue weighted by Gasteiger charge is 2.09. The van der Waals surface area contributed by atoms with Gasteiger partial charge in [0.2, 0.25) is 0 Å². The van der Waals surface area contributed by atoms with E-state index in [2.05, 4.69) is 0 Å². The smallest absolute Gasteiger partial charge is 0.125 e. The summed E-state index contributed by atoms with van der Waals surface area (Å²) >= 11 is 0. The van der Waals surface area contributed by atoms with Crippen molar-refractivity contribution in [3.8, 4) is 11.5 Å². The first kappa shape index (κ1) is 15.4. The molecule has 0 aromatic heterocycles. The second kappa shape index (κ2) is 7.70. The molecule has 0 spiro atoms. The number of rotatable bonds is 7. The topological polar surface area (TPSA) is 38.7 Å².